The molecule has 3 aromatic rings. The number of ether oxygens (including phenoxy) is 3. The minimum atomic E-state index is -0.390. The summed E-state index contributed by atoms with van der Waals surface area (Å²) >= 11 is 1.53. The molecule has 3 aromatic heterocycles. The smallest absolute Gasteiger partial charge is 0.332 e. The van der Waals surface area contributed by atoms with Gasteiger partial charge in [-0.05, 0) is 58.3 Å². The Balaban J connectivity index is 1.45. The van der Waals surface area contributed by atoms with Crippen LogP contribution in [-0.4, -0.2) is 49.3 Å². The third kappa shape index (κ3) is 5.22. The molecule has 1 aliphatic heterocycles. The monoisotopic (exact) mass is 503 g/mol. The summed E-state index contributed by atoms with van der Waals surface area (Å²) in [5.41, 5.74) is 0.881. The molecule has 0 N–H and O–H groups in total. The van der Waals surface area contributed by atoms with Crippen molar-refractivity contribution >= 4 is 22.5 Å². The van der Waals surface area contributed by atoms with Crippen molar-refractivity contribution in [2.24, 2.45) is 7.05 Å². The summed E-state index contributed by atoms with van der Waals surface area (Å²) in [5.74, 6) is 0. The summed E-state index contributed by atoms with van der Waals surface area (Å²) < 4.78 is 22.2. The van der Waals surface area contributed by atoms with Gasteiger partial charge in [-0.25, -0.2) is 9.78 Å². The average Bonchev–Trinajstić information content (AvgIpc) is 3.60. The van der Waals surface area contributed by atoms with E-state index in [-0.39, 0.29) is 24.5 Å². The maximum atomic E-state index is 13.6. The van der Waals surface area contributed by atoms with E-state index >= 15 is 0 Å². The second-order valence-corrected chi connectivity index (χ2v) is 10.3. The molecule has 1 atom stereocenters. The van der Waals surface area contributed by atoms with Gasteiger partial charge in [-0.3, -0.25) is 18.5 Å². The first-order valence-electron chi connectivity index (χ1n) is 12.5. The fraction of sp³-hybridized carbons (Fsp3) is 0.667. The van der Waals surface area contributed by atoms with Crippen LogP contribution in [0.15, 0.2) is 15.0 Å². The highest BCUT2D eigenvalue weighted by Gasteiger charge is 2.25. The summed E-state index contributed by atoms with van der Waals surface area (Å²) in [4.78, 5) is 35.9. The molecule has 190 valence electrons. The highest BCUT2D eigenvalue weighted by Crippen LogP contribution is 2.27. The number of nitrogens with zero attached hydrogens (tertiary/aromatic N) is 5. The van der Waals surface area contributed by atoms with Crippen LogP contribution in [0.3, 0.4) is 0 Å². The normalized spacial score (nSPS) is 19.1. The molecule has 5 rings (SSSR count). The van der Waals surface area contributed by atoms with Crippen molar-refractivity contribution in [3.05, 3.63) is 36.9 Å². The van der Waals surface area contributed by atoms with Gasteiger partial charge in [0, 0.05) is 31.3 Å². The first kappa shape index (κ1) is 24.2. The molecule has 1 unspecified atom stereocenters. The van der Waals surface area contributed by atoms with E-state index in [1.807, 2.05) is 12.3 Å². The zero-order valence-electron chi connectivity index (χ0n) is 20.4. The second kappa shape index (κ2) is 10.6. The molecule has 11 heteroatoms. The van der Waals surface area contributed by atoms with Gasteiger partial charge in [0.2, 0.25) is 0 Å². The lowest BCUT2D eigenvalue weighted by Gasteiger charge is -2.22. The quantitative estimate of drug-likeness (QED) is 0.414. The predicted octanol–water partition coefficient (Wildman–Crippen LogP) is 2.96. The summed E-state index contributed by atoms with van der Waals surface area (Å²) in [7, 11) is 1.65. The number of rotatable bonds is 9. The van der Waals surface area contributed by atoms with Gasteiger partial charge in [0.1, 0.15) is 11.1 Å². The van der Waals surface area contributed by atoms with E-state index in [9.17, 15) is 9.59 Å². The van der Waals surface area contributed by atoms with Crippen LogP contribution < -0.4 is 16.0 Å². The first-order chi connectivity index (χ1) is 17.0. The lowest BCUT2D eigenvalue weighted by atomic mass is 10.2. The Labute approximate surface area is 207 Å². The number of thiazole rings is 1. The zero-order valence-corrected chi connectivity index (χ0v) is 21.2. The van der Waals surface area contributed by atoms with Crippen LogP contribution >= 0.6 is 11.3 Å². The Morgan fingerprint density at radius 3 is 2.63 bits per heavy atom. The molecule has 1 aliphatic carbocycles. The van der Waals surface area contributed by atoms with Crippen LogP contribution in [0.1, 0.15) is 62.1 Å². The molecule has 0 aromatic carbocycles. The van der Waals surface area contributed by atoms with Crippen molar-refractivity contribution in [2.75, 3.05) is 13.2 Å². The minimum Gasteiger partial charge on any atom is -0.461 e. The van der Waals surface area contributed by atoms with Gasteiger partial charge in [0.15, 0.2) is 17.5 Å². The highest BCUT2D eigenvalue weighted by molar-refractivity contribution is 7.09. The third-order valence-electron chi connectivity index (χ3n) is 6.70. The van der Waals surface area contributed by atoms with Gasteiger partial charge in [0.05, 0.1) is 13.2 Å². The van der Waals surface area contributed by atoms with Gasteiger partial charge in [-0.1, -0.05) is 0 Å². The lowest BCUT2D eigenvalue weighted by Crippen LogP contribution is -2.40. The largest absolute Gasteiger partial charge is 0.461 e. The average molecular weight is 504 g/mol. The SMILES string of the molecule is Cc1csc(Cn2c(OC3CCCC3)nc3c2c(=O)n(CCCOC2CCCCO2)c(=O)n3C)n1. The highest BCUT2D eigenvalue weighted by atomic mass is 32.1. The third-order valence-corrected chi connectivity index (χ3v) is 7.65. The van der Waals surface area contributed by atoms with Crippen LogP contribution in [0.4, 0.5) is 0 Å². The van der Waals surface area contributed by atoms with Crippen molar-refractivity contribution in [1.82, 2.24) is 23.7 Å². The van der Waals surface area contributed by atoms with Crippen molar-refractivity contribution < 1.29 is 14.2 Å². The van der Waals surface area contributed by atoms with E-state index < -0.39 is 5.69 Å². The molecule has 4 heterocycles. The van der Waals surface area contributed by atoms with Crippen molar-refractivity contribution in [3.8, 4) is 6.01 Å². The Kier molecular flexibility index (Phi) is 7.35. The molecule has 2 aliphatic rings. The number of fused-ring (bicyclic) bond motifs is 1. The van der Waals surface area contributed by atoms with Gasteiger partial charge in [-0.15, -0.1) is 11.3 Å². The van der Waals surface area contributed by atoms with Crippen molar-refractivity contribution in [2.45, 2.75) is 83.8 Å². The van der Waals surface area contributed by atoms with Crippen LogP contribution in [0, 0.1) is 6.92 Å². The lowest BCUT2D eigenvalue weighted by molar-refractivity contribution is -0.163. The predicted molar refractivity (Wildman–Crippen MR) is 132 cm³/mol. The molecule has 0 radical (unpaired) electrons. The summed E-state index contributed by atoms with van der Waals surface area (Å²) in [6.07, 6.45) is 7.62. The molecule has 1 saturated heterocycles. The number of aromatic nitrogens is 5. The standard InChI is InChI=1S/C24H33N5O5S/c1-16-15-35-18(25-16)14-29-20-21(26-23(29)34-17-8-3-4-9-17)27(2)24(31)28(22(20)30)11-7-13-33-19-10-5-6-12-32-19/h15,17,19H,3-14H2,1-2H3. The van der Waals surface area contributed by atoms with Crippen molar-refractivity contribution in [1.29, 1.82) is 0 Å². The Hall–Kier alpha value is -2.50. The maximum absolute atomic E-state index is 13.6. The van der Waals surface area contributed by atoms with E-state index in [1.54, 1.807) is 11.6 Å². The van der Waals surface area contributed by atoms with Gasteiger partial charge in [0.25, 0.3) is 11.6 Å². The molecule has 2 fully saturated rings. The molecule has 1 saturated carbocycles. The van der Waals surface area contributed by atoms with Crippen LogP contribution in [0.2, 0.25) is 0 Å². The molecule has 10 nitrogen and oxygen atoms in total. The molecular weight excluding hydrogens is 470 g/mol. The van der Waals surface area contributed by atoms with Crippen LogP contribution in [0.5, 0.6) is 6.01 Å². The minimum absolute atomic E-state index is 0.0713. The van der Waals surface area contributed by atoms with E-state index in [2.05, 4.69) is 9.97 Å². The Morgan fingerprint density at radius 1 is 1.11 bits per heavy atom. The molecular formula is C24H33N5O5S. The number of hydrogen-bond donors (Lipinski definition) is 0. The van der Waals surface area contributed by atoms with E-state index in [0.717, 1.165) is 62.3 Å². The van der Waals surface area contributed by atoms with E-state index in [0.29, 0.717) is 36.7 Å². The topological polar surface area (TPSA) is 102 Å². The summed E-state index contributed by atoms with van der Waals surface area (Å²) in [6.45, 7) is 3.71. The van der Waals surface area contributed by atoms with Gasteiger partial charge < -0.3 is 14.2 Å². The van der Waals surface area contributed by atoms with E-state index in [4.69, 9.17) is 14.2 Å². The summed E-state index contributed by atoms with van der Waals surface area (Å²) in [5, 5.41) is 2.84. The molecule has 0 spiro atoms. The zero-order chi connectivity index (χ0) is 24.4. The number of aryl methyl sites for hydroxylation is 2. The van der Waals surface area contributed by atoms with Gasteiger partial charge >= 0.3 is 5.69 Å². The number of imidazole rings is 1. The fourth-order valence-electron chi connectivity index (χ4n) is 4.83. The molecule has 35 heavy (non-hydrogen) atoms. The number of hydrogen-bond acceptors (Lipinski definition) is 8. The second-order valence-electron chi connectivity index (χ2n) is 9.38. The van der Waals surface area contributed by atoms with Crippen molar-refractivity contribution in [3.63, 3.8) is 0 Å². The molecule has 0 bridgehead atoms. The van der Waals surface area contributed by atoms with Crippen LogP contribution in [-0.2, 0) is 29.6 Å². The first-order valence-corrected chi connectivity index (χ1v) is 13.4. The van der Waals surface area contributed by atoms with Crippen LogP contribution in [0.25, 0.3) is 11.2 Å². The fourth-order valence-corrected chi connectivity index (χ4v) is 5.59. The Bertz CT molecular complexity index is 1280. The van der Waals surface area contributed by atoms with Gasteiger partial charge in [-0.2, -0.15) is 4.98 Å². The maximum Gasteiger partial charge on any atom is 0.332 e. The Morgan fingerprint density at radius 2 is 1.91 bits per heavy atom. The van der Waals surface area contributed by atoms with E-state index in [1.165, 1.54) is 20.5 Å². The molecule has 0 amide bonds. The summed E-state index contributed by atoms with van der Waals surface area (Å²) in [6, 6.07) is 0.377.